The SMILES string of the molecule is CC(C)CNC(=O)COC(=O)C=Cc1cn(-c2ccccc2)nc1-c1cccs1. The van der Waals surface area contributed by atoms with E-state index in [9.17, 15) is 9.59 Å². The number of rotatable bonds is 8. The molecule has 2 aromatic heterocycles. The van der Waals surface area contributed by atoms with Gasteiger partial charge in [0.05, 0.1) is 10.6 Å². The third-order valence-electron chi connectivity index (χ3n) is 3.97. The van der Waals surface area contributed by atoms with Crippen LogP contribution in [-0.4, -0.2) is 34.8 Å². The summed E-state index contributed by atoms with van der Waals surface area (Å²) < 4.78 is 6.79. The Labute approximate surface area is 173 Å². The normalized spacial score (nSPS) is 11.1. The average Bonchev–Trinajstić information content (AvgIpc) is 3.39. The summed E-state index contributed by atoms with van der Waals surface area (Å²) in [6.45, 7) is 4.25. The molecule has 0 spiro atoms. The molecular weight excluding hydrogens is 386 g/mol. The van der Waals surface area contributed by atoms with E-state index in [4.69, 9.17) is 4.74 Å². The highest BCUT2D eigenvalue weighted by atomic mass is 32.1. The van der Waals surface area contributed by atoms with E-state index in [1.54, 1.807) is 22.1 Å². The first-order valence-electron chi connectivity index (χ1n) is 9.33. The van der Waals surface area contributed by atoms with E-state index >= 15 is 0 Å². The van der Waals surface area contributed by atoms with E-state index in [1.807, 2.05) is 67.9 Å². The minimum Gasteiger partial charge on any atom is -0.452 e. The Balaban J connectivity index is 1.71. The fraction of sp³-hybridized carbons (Fsp3) is 0.227. The number of aromatic nitrogens is 2. The number of nitrogens with zero attached hydrogens (tertiary/aromatic N) is 2. The van der Waals surface area contributed by atoms with Gasteiger partial charge < -0.3 is 10.1 Å². The van der Waals surface area contributed by atoms with Crippen molar-refractivity contribution >= 4 is 29.3 Å². The maximum Gasteiger partial charge on any atom is 0.331 e. The van der Waals surface area contributed by atoms with Crippen LogP contribution >= 0.6 is 11.3 Å². The number of para-hydroxylation sites is 1. The zero-order valence-electron chi connectivity index (χ0n) is 16.4. The summed E-state index contributed by atoms with van der Waals surface area (Å²) in [5.74, 6) is -0.544. The van der Waals surface area contributed by atoms with Crippen LogP contribution in [0.4, 0.5) is 0 Å². The van der Waals surface area contributed by atoms with E-state index in [1.165, 1.54) is 6.08 Å². The average molecular weight is 410 g/mol. The molecule has 3 rings (SSSR count). The summed E-state index contributed by atoms with van der Waals surface area (Å²) in [4.78, 5) is 24.7. The second-order valence-corrected chi connectivity index (χ2v) is 7.78. The third-order valence-corrected chi connectivity index (χ3v) is 4.85. The summed E-state index contributed by atoms with van der Waals surface area (Å²) in [7, 11) is 0. The fourth-order valence-electron chi connectivity index (χ4n) is 2.54. The van der Waals surface area contributed by atoms with Crippen molar-refractivity contribution < 1.29 is 14.3 Å². The lowest BCUT2D eigenvalue weighted by molar-refractivity contribution is -0.143. The standard InChI is InChI=1S/C22H23N3O3S/c1-16(2)13-23-20(26)15-28-21(27)11-10-17-14-25(18-7-4-3-5-8-18)24-22(17)19-9-6-12-29-19/h3-12,14,16H,13,15H2,1-2H3,(H,23,26). The Kier molecular flexibility index (Phi) is 6.97. The number of thiophene rings is 1. The Hall–Kier alpha value is -3.19. The summed E-state index contributed by atoms with van der Waals surface area (Å²) in [6.07, 6.45) is 4.85. The van der Waals surface area contributed by atoms with Crippen molar-refractivity contribution in [3.05, 3.63) is 65.7 Å². The van der Waals surface area contributed by atoms with Crippen molar-refractivity contribution in [3.8, 4) is 16.3 Å². The highest BCUT2D eigenvalue weighted by Crippen LogP contribution is 2.28. The summed E-state index contributed by atoms with van der Waals surface area (Å²) >= 11 is 1.58. The number of carbonyl (C=O) groups excluding carboxylic acids is 2. The van der Waals surface area contributed by atoms with Gasteiger partial charge in [0, 0.05) is 24.4 Å². The molecule has 0 unspecified atom stereocenters. The number of esters is 1. The van der Waals surface area contributed by atoms with E-state index in [-0.39, 0.29) is 12.5 Å². The van der Waals surface area contributed by atoms with Crippen LogP contribution in [0.2, 0.25) is 0 Å². The van der Waals surface area contributed by atoms with E-state index in [0.717, 1.165) is 21.8 Å². The van der Waals surface area contributed by atoms with Crippen molar-refractivity contribution in [2.45, 2.75) is 13.8 Å². The van der Waals surface area contributed by atoms with Crippen LogP contribution in [0.1, 0.15) is 19.4 Å². The first-order chi connectivity index (χ1) is 14.0. The van der Waals surface area contributed by atoms with E-state index in [0.29, 0.717) is 12.5 Å². The number of ether oxygens (including phenoxy) is 1. The van der Waals surface area contributed by atoms with E-state index < -0.39 is 5.97 Å². The predicted molar refractivity (Wildman–Crippen MR) is 115 cm³/mol. The molecule has 2 heterocycles. The van der Waals surface area contributed by atoms with Crippen LogP contribution in [0.3, 0.4) is 0 Å². The second kappa shape index (κ2) is 9.84. The number of carbonyl (C=O) groups is 2. The van der Waals surface area contributed by atoms with Crippen LogP contribution in [0, 0.1) is 5.92 Å². The maximum absolute atomic E-state index is 12.0. The van der Waals surface area contributed by atoms with Gasteiger partial charge in [-0.3, -0.25) is 4.79 Å². The number of hydrogen-bond donors (Lipinski definition) is 1. The predicted octanol–water partition coefficient (Wildman–Crippen LogP) is 3.93. The molecule has 3 aromatic rings. The lowest BCUT2D eigenvalue weighted by atomic mass is 10.2. The van der Waals surface area contributed by atoms with Gasteiger partial charge in [-0.2, -0.15) is 5.10 Å². The van der Waals surface area contributed by atoms with Gasteiger partial charge in [-0.15, -0.1) is 11.3 Å². The molecule has 0 atom stereocenters. The highest BCUT2D eigenvalue weighted by Gasteiger charge is 2.12. The summed E-state index contributed by atoms with van der Waals surface area (Å²) in [6, 6.07) is 13.7. The molecule has 1 amide bonds. The van der Waals surface area contributed by atoms with Crippen LogP contribution in [-0.2, 0) is 14.3 Å². The Bertz CT molecular complexity index is 976. The zero-order chi connectivity index (χ0) is 20.6. The molecule has 1 N–H and O–H groups in total. The number of hydrogen-bond acceptors (Lipinski definition) is 5. The molecule has 0 aliphatic carbocycles. The van der Waals surface area contributed by atoms with Gasteiger partial charge in [0.25, 0.3) is 5.91 Å². The van der Waals surface area contributed by atoms with Crippen LogP contribution < -0.4 is 5.32 Å². The minimum absolute atomic E-state index is 0.295. The van der Waals surface area contributed by atoms with Gasteiger partial charge in [0.1, 0.15) is 5.69 Å². The van der Waals surface area contributed by atoms with Gasteiger partial charge in [0.15, 0.2) is 6.61 Å². The largest absolute Gasteiger partial charge is 0.452 e. The van der Waals surface area contributed by atoms with Crippen LogP contribution in [0.15, 0.2) is 60.1 Å². The van der Waals surface area contributed by atoms with Crippen molar-refractivity contribution in [2.24, 2.45) is 5.92 Å². The Morgan fingerprint density at radius 2 is 2.00 bits per heavy atom. The molecule has 29 heavy (non-hydrogen) atoms. The van der Waals surface area contributed by atoms with Gasteiger partial charge in [-0.05, 0) is 35.6 Å². The smallest absolute Gasteiger partial charge is 0.331 e. The quantitative estimate of drug-likeness (QED) is 0.452. The zero-order valence-corrected chi connectivity index (χ0v) is 17.2. The van der Waals surface area contributed by atoms with E-state index in [2.05, 4.69) is 10.4 Å². The third kappa shape index (κ3) is 5.89. The van der Waals surface area contributed by atoms with Crippen molar-refractivity contribution in [1.29, 1.82) is 0 Å². The molecule has 6 nitrogen and oxygen atoms in total. The molecule has 0 radical (unpaired) electrons. The number of nitrogens with one attached hydrogen (secondary N) is 1. The molecule has 0 fully saturated rings. The van der Waals surface area contributed by atoms with Crippen molar-refractivity contribution in [1.82, 2.24) is 15.1 Å². The molecule has 0 aliphatic rings. The molecular formula is C22H23N3O3S. The van der Waals surface area contributed by atoms with Crippen LogP contribution in [0.5, 0.6) is 0 Å². The number of benzene rings is 1. The Morgan fingerprint density at radius 3 is 2.69 bits per heavy atom. The summed E-state index contributed by atoms with van der Waals surface area (Å²) in [5.41, 5.74) is 2.49. The van der Waals surface area contributed by atoms with Crippen molar-refractivity contribution in [3.63, 3.8) is 0 Å². The molecule has 0 saturated carbocycles. The van der Waals surface area contributed by atoms with Crippen LogP contribution in [0.25, 0.3) is 22.3 Å². The molecule has 150 valence electrons. The summed E-state index contributed by atoms with van der Waals surface area (Å²) in [5, 5.41) is 9.36. The van der Waals surface area contributed by atoms with Gasteiger partial charge >= 0.3 is 5.97 Å². The minimum atomic E-state index is -0.575. The monoisotopic (exact) mass is 409 g/mol. The van der Waals surface area contributed by atoms with Crippen molar-refractivity contribution in [2.75, 3.05) is 13.2 Å². The Morgan fingerprint density at radius 1 is 1.21 bits per heavy atom. The first-order valence-corrected chi connectivity index (χ1v) is 10.2. The molecule has 0 bridgehead atoms. The topological polar surface area (TPSA) is 73.2 Å². The van der Waals surface area contributed by atoms with Gasteiger partial charge in [-0.25, -0.2) is 9.48 Å². The first kappa shape index (κ1) is 20.5. The van der Waals surface area contributed by atoms with Gasteiger partial charge in [-0.1, -0.05) is 38.1 Å². The molecule has 0 aliphatic heterocycles. The fourth-order valence-corrected chi connectivity index (χ4v) is 3.27. The second-order valence-electron chi connectivity index (χ2n) is 6.83. The maximum atomic E-state index is 12.0. The molecule has 1 aromatic carbocycles. The molecule has 7 heteroatoms. The molecule has 0 saturated heterocycles. The van der Waals surface area contributed by atoms with Gasteiger partial charge in [0.2, 0.25) is 0 Å². The lowest BCUT2D eigenvalue weighted by Gasteiger charge is -2.07. The highest BCUT2D eigenvalue weighted by molar-refractivity contribution is 7.13. The lowest BCUT2D eigenvalue weighted by Crippen LogP contribution is -2.31. The number of amides is 1.